The second-order valence-electron chi connectivity index (χ2n) is 6.33. The van der Waals surface area contributed by atoms with Crippen molar-refractivity contribution in [1.29, 1.82) is 0 Å². The summed E-state index contributed by atoms with van der Waals surface area (Å²) in [7, 11) is 1.63. The van der Waals surface area contributed by atoms with E-state index in [-0.39, 0.29) is 17.7 Å². The van der Waals surface area contributed by atoms with Crippen molar-refractivity contribution in [3.05, 3.63) is 65.7 Å². The van der Waals surface area contributed by atoms with Crippen LogP contribution >= 0.6 is 0 Å². The topological polar surface area (TPSA) is 46.6 Å². The summed E-state index contributed by atoms with van der Waals surface area (Å²) in [5.74, 6) is 0.894. The third kappa shape index (κ3) is 4.08. The molecule has 0 spiro atoms. The third-order valence-electron chi connectivity index (χ3n) is 4.70. The fourth-order valence-corrected chi connectivity index (χ4v) is 3.36. The Morgan fingerprint density at radius 2 is 1.92 bits per heavy atom. The van der Waals surface area contributed by atoms with E-state index >= 15 is 0 Å². The van der Waals surface area contributed by atoms with Gasteiger partial charge in [-0.25, -0.2) is 0 Å². The number of hydrogen-bond donors (Lipinski definition) is 0. The van der Waals surface area contributed by atoms with Crippen molar-refractivity contribution >= 4 is 11.7 Å². The van der Waals surface area contributed by atoms with Crippen LogP contribution in [-0.4, -0.2) is 36.3 Å². The van der Waals surface area contributed by atoms with Gasteiger partial charge in [-0.2, -0.15) is 0 Å². The summed E-state index contributed by atoms with van der Waals surface area (Å²) in [4.78, 5) is 27.1. The highest BCUT2D eigenvalue weighted by Crippen LogP contribution is 2.23. The molecule has 1 aliphatic rings. The molecule has 0 N–H and O–H groups in total. The number of carbonyl (C=O) groups is 2. The average molecular weight is 337 g/mol. The molecule has 0 bridgehead atoms. The second-order valence-corrected chi connectivity index (χ2v) is 6.33. The summed E-state index contributed by atoms with van der Waals surface area (Å²) in [5.41, 5.74) is 1.75. The van der Waals surface area contributed by atoms with Crippen molar-refractivity contribution in [2.45, 2.75) is 31.7 Å². The molecule has 0 saturated carbocycles. The molecule has 2 aromatic rings. The van der Waals surface area contributed by atoms with Crippen LogP contribution in [0.2, 0.25) is 0 Å². The maximum atomic E-state index is 12.7. The Hall–Kier alpha value is -2.62. The van der Waals surface area contributed by atoms with Crippen LogP contribution in [0.4, 0.5) is 0 Å². The first-order chi connectivity index (χ1) is 12.2. The lowest BCUT2D eigenvalue weighted by atomic mass is 10.0. The molecule has 4 nitrogen and oxygen atoms in total. The Labute approximate surface area is 148 Å². The molecule has 0 aromatic heterocycles. The largest absolute Gasteiger partial charge is 0.497 e. The van der Waals surface area contributed by atoms with Gasteiger partial charge in [0, 0.05) is 18.5 Å². The van der Waals surface area contributed by atoms with Crippen LogP contribution in [0.3, 0.4) is 0 Å². The lowest BCUT2D eigenvalue weighted by Crippen LogP contribution is -2.40. The summed E-state index contributed by atoms with van der Waals surface area (Å²) in [6.45, 7) is 0.667. The van der Waals surface area contributed by atoms with Gasteiger partial charge in [0.2, 0.25) is 5.91 Å². The number of ketones is 1. The summed E-state index contributed by atoms with van der Waals surface area (Å²) >= 11 is 0. The summed E-state index contributed by atoms with van der Waals surface area (Å²) in [5, 5.41) is 0. The van der Waals surface area contributed by atoms with E-state index in [4.69, 9.17) is 4.74 Å². The Kier molecular flexibility index (Phi) is 5.49. The number of carbonyl (C=O) groups excluding carboxylic acids is 2. The van der Waals surface area contributed by atoms with E-state index in [0.29, 0.717) is 24.9 Å². The van der Waals surface area contributed by atoms with Gasteiger partial charge in [-0.05, 0) is 37.0 Å². The lowest BCUT2D eigenvalue weighted by molar-refractivity contribution is -0.131. The highest BCUT2D eigenvalue weighted by atomic mass is 16.5. The monoisotopic (exact) mass is 337 g/mol. The number of methoxy groups -OCH3 is 1. The molecule has 1 heterocycles. The lowest BCUT2D eigenvalue weighted by Gasteiger charge is -2.24. The molecule has 1 unspecified atom stereocenters. The SMILES string of the molecule is COc1cccc(CCC(=O)N2CCCC2C(=O)c2ccccc2)c1. The first-order valence-electron chi connectivity index (χ1n) is 8.70. The van der Waals surface area contributed by atoms with Gasteiger partial charge in [0.15, 0.2) is 5.78 Å². The fourth-order valence-electron chi connectivity index (χ4n) is 3.36. The van der Waals surface area contributed by atoms with Crippen molar-refractivity contribution in [3.63, 3.8) is 0 Å². The van der Waals surface area contributed by atoms with E-state index in [1.54, 1.807) is 12.0 Å². The Morgan fingerprint density at radius 3 is 2.68 bits per heavy atom. The van der Waals surface area contributed by atoms with Crippen LogP contribution in [0.15, 0.2) is 54.6 Å². The molecule has 0 aliphatic carbocycles. The van der Waals surface area contributed by atoms with Crippen molar-refractivity contribution in [2.75, 3.05) is 13.7 Å². The fraction of sp³-hybridized carbons (Fsp3) is 0.333. The van der Waals surface area contributed by atoms with Crippen molar-refractivity contribution in [3.8, 4) is 5.75 Å². The van der Waals surface area contributed by atoms with Crippen molar-refractivity contribution in [1.82, 2.24) is 4.90 Å². The molecule has 1 aliphatic heterocycles. The van der Waals surface area contributed by atoms with Gasteiger partial charge in [0.05, 0.1) is 13.2 Å². The Morgan fingerprint density at radius 1 is 1.12 bits per heavy atom. The first-order valence-corrected chi connectivity index (χ1v) is 8.70. The van der Waals surface area contributed by atoms with Gasteiger partial charge in [-0.1, -0.05) is 42.5 Å². The van der Waals surface area contributed by atoms with Crippen molar-refractivity contribution < 1.29 is 14.3 Å². The minimum Gasteiger partial charge on any atom is -0.497 e. The van der Waals surface area contributed by atoms with E-state index in [0.717, 1.165) is 24.2 Å². The summed E-state index contributed by atoms with van der Waals surface area (Å²) in [6, 6.07) is 16.7. The molecule has 2 aromatic carbocycles. The number of aryl methyl sites for hydroxylation is 1. The van der Waals surface area contributed by atoms with E-state index in [1.165, 1.54) is 0 Å². The Balaban J connectivity index is 1.63. The molecule has 130 valence electrons. The Bertz CT molecular complexity index is 742. The van der Waals surface area contributed by atoms with E-state index in [1.807, 2.05) is 54.6 Å². The van der Waals surface area contributed by atoms with Gasteiger partial charge in [-0.3, -0.25) is 9.59 Å². The molecule has 4 heteroatoms. The van der Waals surface area contributed by atoms with E-state index in [2.05, 4.69) is 0 Å². The van der Waals surface area contributed by atoms with Crippen LogP contribution in [0, 0.1) is 0 Å². The molecule has 1 fully saturated rings. The van der Waals surface area contributed by atoms with E-state index in [9.17, 15) is 9.59 Å². The van der Waals surface area contributed by atoms with Crippen LogP contribution in [0.5, 0.6) is 5.75 Å². The minimum absolute atomic E-state index is 0.0489. The highest BCUT2D eigenvalue weighted by Gasteiger charge is 2.33. The standard InChI is InChI=1S/C21H23NO3/c1-25-18-10-5-7-16(15-18)12-13-20(23)22-14-6-11-19(22)21(24)17-8-3-2-4-9-17/h2-5,7-10,15,19H,6,11-14H2,1H3. The van der Waals surface area contributed by atoms with Crippen LogP contribution < -0.4 is 4.74 Å². The van der Waals surface area contributed by atoms with Crippen LogP contribution in [0.25, 0.3) is 0 Å². The van der Waals surface area contributed by atoms with Crippen molar-refractivity contribution in [2.24, 2.45) is 0 Å². The zero-order valence-corrected chi connectivity index (χ0v) is 14.5. The zero-order valence-electron chi connectivity index (χ0n) is 14.5. The number of nitrogens with zero attached hydrogens (tertiary/aromatic N) is 1. The van der Waals surface area contributed by atoms with Gasteiger partial charge in [0.25, 0.3) is 0 Å². The molecule has 1 atom stereocenters. The predicted octanol–water partition coefficient (Wildman–Crippen LogP) is 3.50. The normalized spacial score (nSPS) is 16.7. The number of benzene rings is 2. The maximum Gasteiger partial charge on any atom is 0.223 e. The number of hydrogen-bond acceptors (Lipinski definition) is 3. The summed E-state index contributed by atoms with van der Waals surface area (Å²) in [6.07, 6.45) is 2.69. The number of ether oxygens (including phenoxy) is 1. The molecule has 0 radical (unpaired) electrons. The quantitative estimate of drug-likeness (QED) is 0.758. The third-order valence-corrected chi connectivity index (χ3v) is 4.70. The molecule has 1 amide bonds. The number of amides is 1. The highest BCUT2D eigenvalue weighted by molar-refractivity contribution is 6.02. The number of likely N-dealkylation sites (tertiary alicyclic amines) is 1. The first kappa shape index (κ1) is 17.2. The second kappa shape index (κ2) is 7.97. The predicted molar refractivity (Wildman–Crippen MR) is 96.8 cm³/mol. The maximum absolute atomic E-state index is 12.7. The van der Waals surface area contributed by atoms with Crippen LogP contribution in [-0.2, 0) is 11.2 Å². The molecule has 25 heavy (non-hydrogen) atoms. The number of rotatable bonds is 6. The van der Waals surface area contributed by atoms with Gasteiger partial charge >= 0.3 is 0 Å². The minimum atomic E-state index is -0.319. The number of Topliss-reactive ketones (excluding diaryl/α,β-unsaturated/α-hetero) is 1. The smallest absolute Gasteiger partial charge is 0.223 e. The molecular weight excluding hydrogens is 314 g/mol. The van der Waals surface area contributed by atoms with Gasteiger partial charge in [-0.15, -0.1) is 0 Å². The average Bonchev–Trinajstić information content (AvgIpc) is 3.16. The van der Waals surface area contributed by atoms with Crippen LogP contribution in [0.1, 0.15) is 35.2 Å². The molecular formula is C21H23NO3. The van der Waals surface area contributed by atoms with E-state index < -0.39 is 0 Å². The van der Waals surface area contributed by atoms with Gasteiger partial charge in [0.1, 0.15) is 5.75 Å². The molecule has 3 rings (SSSR count). The van der Waals surface area contributed by atoms with Gasteiger partial charge < -0.3 is 9.64 Å². The molecule has 1 saturated heterocycles. The summed E-state index contributed by atoms with van der Waals surface area (Å²) < 4.78 is 5.22. The zero-order chi connectivity index (χ0) is 17.6.